The molecule has 1 aliphatic rings. The van der Waals surface area contributed by atoms with Gasteiger partial charge in [-0.25, -0.2) is 8.42 Å². The molecule has 2 aromatic carbocycles. The first-order valence-electron chi connectivity index (χ1n) is 10.8. The van der Waals surface area contributed by atoms with E-state index in [1.807, 2.05) is 19.1 Å². The number of nitrogens with zero attached hydrogens (tertiary/aromatic N) is 1. The van der Waals surface area contributed by atoms with E-state index in [9.17, 15) is 13.2 Å². The van der Waals surface area contributed by atoms with Gasteiger partial charge < -0.3 is 19.5 Å². The van der Waals surface area contributed by atoms with Gasteiger partial charge in [0.1, 0.15) is 12.4 Å². The molecule has 0 spiro atoms. The van der Waals surface area contributed by atoms with Gasteiger partial charge in [-0.3, -0.25) is 4.79 Å². The molecule has 32 heavy (non-hydrogen) atoms. The average molecular weight is 463 g/mol. The molecule has 1 fully saturated rings. The number of nitrogens with one attached hydrogen (secondary N) is 1. The van der Waals surface area contributed by atoms with Crippen LogP contribution in [0, 0.1) is 0 Å². The third-order valence-corrected chi connectivity index (χ3v) is 7.11. The zero-order valence-corrected chi connectivity index (χ0v) is 19.3. The second-order valence-electron chi connectivity index (χ2n) is 7.39. The van der Waals surface area contributed by atoms with Gasteiger partial charge in [-0.15, -0.1) is 0 Å². The summed E-state index contributed by atoms with van der Waals surface area (Å²) in [7, 11) is -1.89. The Hall–Kier alpha value is -2.78. The van der Waals surface area contributed by atoms with Crippen LogP contribution in [0.25, 0.3) is 0 Å². The van der Waals surface area contributed by atoms with Crippen LogP contribution < -0.4 is 19.5 Å². The molecule has 1 N–H and O–H groups in total. The molecule has 0 saturated carbocycles. The topological polar surface area (TPSA) is 94.2 Å². The van der Waals surface area contributed by atoms with Crippen LogP contribution in [0.4, 0.5) is 0 Å². The van der Waals surface area contributed by atoms with Crippen molar-refractivity contribution in [2.24, 2.45) is 0 Å². The smallest absolute Gasteiger partial charge is 0.261 e. The van der Waals surface area contributed by atoms with Crippen LogP contribution in [0.15, 0.2) is 53.4 Å². The Morgan fingerprint density at radius 2 is 1.72 bits per heavy atom. The molecule has 1 atom stereocenters. The normalized spacial score (nSPS) is 15.2. The lowest BCUT2D eigenvalue weighted by atomic mass is 10.2. The maximum absolute atomic E-state index is 12.6. The molecule has 3 rings (SSSR count). The number of carbonyl (C=O) groups is 1. The Balaban J connectivity index is 1.46. The van der Waals surface area contributed by atoms with E-state index in [4.69, 9.17) is 14.2 Å². The molecule has 1 saturated heterocycles. The van der Waals surface area contributed by atoms with E-state index in [-0.39, 0.29) is 17.4 Å². The largest absolute Gasteiger partial charge is 0.493 e. The third kappa shape index (κ3) is 5.92. The summed E-state index contributed by atoms with van der Waals surface area (Å²) in [4.78, 5) is 12.7. The number of carbonyl (C=O) groups excluding carboxylic acids is 1. The minimum Gasteiger partial charge on any atom is -0.493 e. The van der Waals surface area contributed by atoms with E-state index in [2.05, 4.69) is 5.32 Å². The van der Waals surface area contributed by atoms with Gasteiger partial charge in [0.2, 0.25) is 10.0 Å². The number of benzene rings is 2. The molecular formula is C23H30N2O6S. The Morgan fingerprint density at radius 1 is 1.06 bits per heavy atom. The van der Waals surface area contributed by atoms with Gasteiger partial charge in [-0.1, -0.05) is 19.1 Å². The number of para-hydroxylation sites is 2. The van der Waals surface area contributed by atoms with Crippen molar-refractivity contribution < 1.29 is 27.4 Å². The number of methoxy groups -OCH3 is 1. The molecular weight excluding hydrogens is 432 g/mol. The summed E-state index contributed by atoms with van der Waals surface area (Å²) in [6, 6.07) is 13.5. The first-order valence-corrected chi connectivity index (χ1v) is 12.2. The van der Waals surface area contributed by atoms with Gasteiger partial charge in [0.15, 0.2) is 17.6 Å². The van der Waals surface area contributed by atoms with E-state index in [0.717, 1.165) is 12.8 Å². The van der Waals surface area contributed by atoms with Crippen LogP contribution >= 0.6 is 0 Å². The van der Waals surface area contributed by atoms with Crippen LogP contribution in [-0.4, -0.2) is 58.1 Å². The summed E-state index contributed by atoms with van der Waals surface area (Å²) >= 11 is 0. The zero-order valence-electron chi connectivity index (χ0n) is 18.5. The van der Waals surface area contributed by atoms with Crippen molar-refractivity contribution in [3.63, 3.8) is 0 Å². The molecule has 174 valence electrons. The molecule has 2 aromatic rings. The van der Waals surface area contributed by atoms with Gasteiger partial charge >= 0.3 is 0 Å². The molecule has 0 radical (unpaired) electrons. The van der Waals surface area contributed by atoms with Crippen molar-refractivity contribution in [3.8, 4) is 17.2 Å². The van der Waals surface area contributed by atoms with Gasteiger partial charge in [0.05, 0.1) is 18.6 Å². The second kappa shape index (κ2) is 11.2. The quantitative estimate of drug-likeness (QED) is 0.516. The number of sulfonamides is 1. The molecule has 9 heteroatoms. The van der Waals surface area contributed by atoms with Crippen LogP contribution in [0.1, 0.15) is 26.2 Å². The fourth-order valence-electron chi connectivity index (χ4n) is 3.43. The summed E-state index contributed by atoms with van der Waals surface area (Å²) in [5, 5.41) is 2.80. The van der Waals surface area contributed by atoms with Gasteiger partial charge in [0.25, 0.3) is 5.91 Å². The van der Waals surface area contributed by atoms with Gasteiger partial charge in [-0.05, 0) is 55.7 Å². The molecule has 0 aromatic heterocycles. The Morgan fingerprint density at radius 3 is 2.34 bits per heavy atom. The highest BCUT2D eigenvalue weighted by Crippen LogP contribution is 2.27. The monoisotopic (exact) mass is 462 g/mol. The number of amides is 1. The van der Waals surface area contributed by atoms with Crippen molar-refractivity contribution >= 4 is 15.9 Å². The highest BCUT2D eigenvalue weighted by atomic mass is 32.2. The van der Waals surface area contributed by atoms with E-state index in [1.54, 1.807) is 43.5 Å². The number of hydrogen-bond acceptors (Lipinski definition) is 6. The maximum Gasteiger partial charge on any atom is 0.261 e. The Labute approximate surface area is 189 Å². The summed E-state index contributed by atoms with van der Waals surface area (Å²) in [5.41, 5.74) is 0. The van der Waals surface area contributed by atoms with E-state index < -0.39 is 16.1 Å². The van der Waals surface area contributed by atoms with Gasteiger partial charge in [-0.2, -0.15) is 4.31 Å². The lowest BCUT2D eigenvalue weighted by Gasteiger charge is -2.19. The fourth-order valence-corrected chi connectivity index (χ4v) is 4.95. The summed E-state index contributed by atoms with van der Waals surface area (Å²) in [6.45, 7) is 3.54. The summed E-state index contributed by atoms with van der Waals surface area (Å²) in [5.74, 6) is 1.38. The lowest BCUT2D eigenvalue weighted by Crippen LogP contribution is -2.39. The number of ether oxygens (including phenoxy) is 3. The highest BCUT2D eigenvalue weighted by molar-refractivity contribution is 7.89. The SMILES string of the molecule is CC[C@H](Oc1ccccc1OC)C(=O)NCCOc1ccc(S(=O)(=O)N2CCCC2)cc1. The van der Waals surface area contributed by atoms with Crippen molar-refractivity contribution in [2.75, 3.05) is 33.4 Å². The number of hydrogen-bond donors (Lipinski definition) is 1. The lowest BCUT2D eigenvalue weighted by molar-refractivity contribution is -0.128. The Bertz CT molecular complexity index is 988. The van der Waals surface area contributed by atoms with Crippen molar-refractivity contribution in [2.45, 2.75) is 37.2 Å². The van der Waals surface area contributed by atoms with Crippen molar-refractivity contribution in [3.05, 3.63) is 48.5 Å². The van der Waals surface area contributed by atoms with E-state index in [1.165, 1.54) is 4.31 Å². The molecule has 1 heterocycles. The minimum atomic E-state index is -3.44. The average Bonchev–Trinajstić information content (AvgIpc) is 3.36. The Kier molecular flexibility index (Phi) is 8.35. The second-order valence-corrected chi connectivity index (χ2v) is 9.33. The molecule has 0 aliphatic carbocycles. The zero-order chi connectivity index (χ0) is 23.0. The first-order chi connectivity index (χ1) is 15.5. The van der Waals surface area contributed by atoms with Crippen molar-refractivity contribution in [1.29, 1.82) is 0 Å². The predicted octanol–water partition coefficient (Wildman–Crippen LogP) is 2.83. The van der Waals surface area contributed by atoms with Crippen LogP contribution in [0.2, 0.25) is 0 Å². The first kappa shape index (κ1) is 23.9. The number of rotatable bonds is 11. The van der Waals surface area contributed by atoms with Crippen LogP contribution in [0.3, 0.4) is 0 Å². The third-order valence-electron chi connectivity index (χ3n) is 5.20. The van der Waals surface area contributed by atoms with Crippen molar-refractivity contribution in [1.82, 2.24) is 9.62 Å². The molecule has 1 aliphatic heterocycles. The van der Waals surface area contributed by atoms with E-state index in [0.29, 0.717) is 43.3 Å². The fraction of sp³-hybridized carbons (Fsp3) is 0.435. The van der Waals surface area contributed by atoms with E-state index >= 15 is 0 Å². The predicted molar refractivity (Wildman–Crippen MR) is 121 cm³/mol. The molecule has 0 bridgehead atoms. The molecule has 1 amide bonds. The highest BCUT2D eigenvalue weighted by Gasteiger charge is 2.27. The molecule has 8 nitrogen and oxygen atoms in total. The van der Waals surface area contributed by atoms with Crippen LogP contribution in [-0.2, 0) is 14.8 Å². The standard InChI is InChI=1S/C23H30N2O6S/c1-3-20(31-22-9-5-4-8-21(22)29-2)23(26)24-14-17-30-18-10-12-19(13-11-18)32(27,28)25-15-6-7-16-25/h4-5,8-13,20H,3,6-7,14-17H2,1-2H3,(H,24,26)/t20-/m0/s1. The molecule has 0 unspecified atom stereocenters. The maximum atomic E-state index is 12.6. The summed E-state index contributed by atoms with van der Waals surface area (Å²) in [6.07, 6.45) is 1.64. The summed E-state index contributed by atoms with van der Waals surface area (Å²) < 4.78 is 43.3. The minimum absolute atomic E-state index is 0.242. The van der Waals surface area contributed by atoms with Gasteiger partial charge in [0, 0.05) is 13.1 Å². The van der Waals surface area contributed by atoms with Crippen LogP contribution in [0.5, 0.6) is 17.2 Å².